The zero-order valence-corrected chi connectivity index (χ0v) is 8.07. The van der Waals surface area contributed by atoms with Gasteiger partial charge in [-0.25, -0.2) is 0 Å². The SMILES string of the molecule is Oc1ccc2c(O)coc2c1I. The standard InChI is InChI=1S/C8H5IO3/c9-7-5(10)2-1-4-6(11)3-12-8(4)7/h1-3,10-11H. The van der Waals surface area contributed by atoms with Gasteiger partial charge in [0.1, 0.15) is 12.0 Å². The van der Waals surface area contributed by atoms with Gasteiger partial charge in [0.15, 0.2) is 11.3 Å². The Morgan fingerprint density at radius 2 is 1.92 bits per heavy atom. The molecule has 62 valence electrons. The zero-order chi connectivity index (χ0) is 8.72. The molecule has 4 heteroatoms. The molecule has 0 saturated carbocycles. The number of furan rings is 1. The number of hydrogen-bond acceptors (Lipinski definition) is 3. The van der Waals surface area contributed by atoms with Crippen LogP contribution in [0.2, 0.25) is 0 Å². The highest BCUT2D eigenvalue weighted by Gasteiger charge is 2.10. The topological polar surface area (TPSA) is 53.6 Å². The summed E-state index contributed by atoms with van der Waals surface area (Å²) < 4.78 is 5.66. The molecule has 0 aliphatic carbocycles. The van der Waals surface area contributed by atoms with Crippen LogP contribution in [0.15, 0.2) is 22.8 Å². The molecule has 0 atom stereocenters. The summed E-state index contributed by atoms with van der Waals surface area (Å²) in [5.74, 6) is 0.264. The molecule has 0 unspecified atom stereocenters. The van der Waals surface area contributed by atoms with E-state index in [-0.39, 0.29) is 11.5 Å². The maximum absolute atomic E-state index is 9.28. The normalized spacial score (nSPS) is 10.8. The fourth-order valence-electron chi connectivity index (χ4n) is 1.04. The van der Waals surface area contributed by atoms with Crippen molar-refractivity contribution >= 4 is 33.6 Å². The highest BCUT2D eigenvalue weighted by molar-refractivity contribution is 14.1. The van der Waals surface area contributed by atoms with Crippen LogP contribution in [-0.2, 0) is 0 Å². The van der Waals surface area contributed by atoms with Gasteiger partial charge in [-0.15, -0.1) is 0 Å². The molecular formula is C8H5IO3. The molecule has 1 heterocycles. The van der Waals surface area contributed by atoms with Crippen molar-refractivity contribution in [1.29, 1.82) is 0 Å². The first-order valence-electron chi connectivity index (χ1n) is 3.28. The molecule has 0 bridgehead atoms. The Bertz CT molecular complexity index is 433. The molecule has 1 aromatic heterocycles. The molecule has 0 amide bonds. The van der Waals surface area contributed by atoms with Crippen LogP contribution in [0.25, 0.3) is 11.0 Å². The minimum atomic E-state index is 0.0999. The molecule has 0 aliphatic heterocycles. The van der Waals surface area contributed by atoms with E-state index < -0.39 is 0 Å². The number of hydrogen-bond donors (Lipinski definition) is 2. The highest BCUT2D eigenvalue weighted by Crippen LogP contribution is 2.34. The maximum Gasteiger partial charge on any atom is 0.161 e. The van der Waals surface area contributed by atoms with Gasteiger partial charge in [0.2, 0.25) is 0 Å². The molecule has 3 nitrogen and oxygen atoms in total. The second kappa shape index (κ2) is 2.55. The molecule has 1 aromatic carbocycles. The van der Waals surface area contributed by atoms with Crippen LogP contribution in [0.3, 0.4) is 0 Å². The van der Waals surface area contributed by atoms with Crippen molar-refractivity contribution in [3.8, 4) is 11.5 Å². The van der Waals surface area contributed by atoms with E-state index in [1.807, 2.05) is 22.6 Å². The van der Waals surface area contributed by atoms with Gasteiger partial charge < -0.3 is 14.6 Å². The van der Waals surface area contributed by atoms with E-state index in [9.17, 15) is 10.2 Å². The van der Waals surface area contributed by atoms with Crippen molar-refractivity contribution in [3.63, 3.8) is 0 Å². The Labute approximate surface area is 81.8 Å². The van der Waals surface area contributed by atoms with E-state index >= 15 is 0 Å². The van der Waals surface area contributed by atoms with Gasteiger partial charge in [0.25, 0.3) is 0 Å². The summed E-state index contributed by atoms with van der Waals surface area (Å²) >= 11 is 1.96. The molecule has 0 radical (unpaired) electrons. The molecular weight excluding hydrogens is 271 g/mol. The van der Waals surface area contributed by atoms with Crippen molar-refractivity contribution in [2.75, 3.05) is 0 Å². The lowest BCUT2D eigenvalue weighted by Crippen LogP contribution is -1.73. The van der Waals surface area contributed by atoms with E-state index in [0.717, 1.165) is 0 Å². The summed E-state index contributed by atoms with van der Waals surface area (Å²) in [4.78, 5) is 0. The van der Waals surface area contributed by atoms with Crippen LogP contribution in [0.1, 0.15) is 0 Å². The summed E-state index contributed by atoms with van der Waals surface area (Å²) in [5, 5.41) is 19.1. The third kappa shape index (κ3) is 0.945. The predicted octanol–water partition coefficient (Wildman–Crippen LogP) is 2.45. The molecule has 12 heavy (non-hydrogen) atoms. The lowest BCUT2D eigenvalue weighted by molar-refractivity contribution is 0.462. The minimum absolute atomic E-state index is 0.0999. The van der Waals surface area contributed by atoms with E-state index in [1.54, 1.807) is 6.07 Å². The van der Waals surface area contributed by atoms with Crippen LogP contribution >= 0.6 is 22.6 Å². The first-order valence-corrected chi connectivity index (χ1v) is 4.35. The van der Waals surface area contributed by atoms with Gasteiger partial charge in [-0.1, -0.05) is 0 Å². The molecule has 2 N–H and O–H groups in total. The van der Waals surface area contributed by atoms with Crippen LogP contribution in [0, 0.1) is 3.57 Å². The molecule has 2 rings (SSSR count). The number of halogens is 1. The van der Waals surface area contributed by atoms with Gasteiger partial charge >= 0.3 is 0 Å². The Kier molecular flexibility index (Phi) is 1.64. The summed E-state index contributed by atoms with van der Waals surface area (Å²) in [6.45, 7) is 0. The smallest absolute Gasteiger partial charge is 0.161 e. The first-order chi connectivity index (χ1) is 5.70. The Morgan fingerprint density at radius 1 is 1.17 bits per heavy atom. The fraction of sp³-hybridized carbons (Fsp3) is 0. The number of aromatic hydroxyl groups is 2. The quantitative estimate of drug-likeness (QED) is 0.727. The Hall–Kier alpha value is -0.910. The van der Waals surface area contributed by atoms with E-state index in [2.05, 4.69) is 0 Å². The molecule has 0 spiro atoms. The predicted molar refractivity (Wildman–Crippen MR) is 52.3 cm³/mol. The van der Waals surface area contributed by atoms with Crippen molar-refractivity contribution in [2.45, 2.75) is 0 Å². The van der Waals surface area contributed by atoms with E-state index in [4.69, 9.17) is 4.42 Å². The number of phenolic OH excluding ortho intramolecular Hbond substituents is 1. The monoisotopic (exact) mass is 276 g/mol. The average molecular weight is 276 g/mol. The Balaban J connectivity index is 2.93. The van der Waals surface area contributed by atoms with Crippen molar-refractivity contribution in [3.05, 3.63) is 22.0 Å². The number of phenols is 1. The third-order valence-corrected chi connectivity index (χ3v) is 2.68. The van der Waals surface area contributed by atoms with Gasteiger partial charge in [-0.3, -0.25) is 0 Å². The van der Waals surface area contributed by atoms with Gasteiger partial charge in [-0.2, -0.15) is 0 Å². The van der Waals surface area contributed by atoms with Crippen molar-refractivity contribution in [2.24, 2.45) is 0 Å². The van der Waals surface area contributed by atoms with Gasteiger partial charge in [-0.05, 0) is 34.7 Å². The van der Waals surface area contributed by atoms with Crippen molar-refractivity contribution in [1.82, 2.24) is 0 Å². The van der Waals surface area contributed by atoms with Crippen LogP contribution in [-0.4, -0.2) is 10.2 Å². The van der Waals surface area contributed by atoms with Crippen LogP contribution in [0.4, 0.5) is 0 Å². The number of rotatable bonds is 0. The first kappa shape index (κ1) is 7.72. The summed E-state index contributed by atoms with van der Waals surface area (Å²) in [6, 6.07) is 3.14. The summed E-state index contributed by atoms with van der Waals surface area (Å²) in [5.41, 5.74) is 0.521. The van der Waals surface area contributed by atoms with Gasteiger partial charge in [0.05, 0.1) is 8.96 Å². The highest BCUT2D eigenvalue weighted by atomic mass is 127. The number of benzene rings is 1. The van der Waals surface area contributed by atoms with Crippen LogP contribution < -0.4 is 0 Å². The molecule has 0 fully saturated rings. The molecule has 2 aromatic rings. The lowest BCUT2D eigenvalue weighted by Gasteiger charge is -1.95. The second-order valence-corrected chi connectivity index (χ2v) is 3.48. The summed E-state index contributed by atoms with van der Waals surface area (Å²) in [6.07, 6.45) is 1.26. The molecule has 0 saturated heterocycles. The maximum atomic E-state index is 9.28. The minimum Gasteiger partial charge on any atom is -0.507 e. The van der Waals surface area contributed by atoms with Crippen molar-refractivity contribution < 1.29 is 14.6 Å². The molecule has 0 aliphatic rings. The average Bonchev–Trinajstić information content (AvgIpc) is 2.41. The van der Waals surface area contributed by atoms with Gasteiger partial charge in [0, 0.05) is 0 Å². The lowest BCUT2D eigenvalue weighted by atomic mass is 10.2. The fourth-order valence-corrected chi connectivity index (χ4v) is 1.64. The zero-order valence-electron chi connectivity index (χ0n) is 5.91. The largest absolute Gasteiger partial charge is 0.507 e. The third-order valence-electron chi connectivity index (χ3n) is 1.64. The van der Waals surface area contributed by atoms with E-state index in [0.29, 0.717) is 14.5 Å². The second-order valence-electron chi connectivity index (χ2n) is 2.40. The van der Waals surface area contributed by atoms with E-state index in [1.165, 1.54) is 12.3 Å². The van der Waals surface area contributed by atoms with Crippen LogP contribution in [0.5, 0.6) is 11.5 Å². The summed E-state index contributed by atoms with van der Waals surface area (Å²) in [7, 11) is 0. The number of fused-ring (bicyclic) bond motifs is 1. The Morgan fingerprint density at radius 3 is 2.67 bits per heavy atom.